The van der Waals surface area contributed by atoms with Gasteiger partial charge in [-0.05, 0) is 42.8 Å². The zero-order chi connectivity index (χ0) is 18.0. The number of phenols is 1. The molecule has 0 radical (unpaired) electrons. The average Bonchev–Trinajstić information content (AvgIpc) is 2.54. The van der Waals surface area contributed by atoms with Crippen molar-refractivity contribution in [3.8, 4) is 5.75 Å². The minimum absolute atomic E-state index is 0.106. The summed E-state index contributed by atoms with van der Waals surface area (Å²) >= 11 is 5.94. The van der Waals surface area contributed by atoms with Gasteiger partial charge < -0.3 is 21.1 Å². The van der Waals surface area contributed by atoms with Gasteiger partial charge in [0.05, 0.1) is 11.6 Å². The van der Waals surface area contributed by atoms with Gasteiger partial charge in [0.2, 0.25) is 0 Å². The topological polar surface area (TPSA) is 90.5 Å². The molecule has 3 rings (SSSR count). The molecule has 1 heterocycles. The average molecular weight is 358 g/mol. The van der Waals surface area contributed by atoms with Crippen molar-refractivity contribution in [3.63, 3.8) is 0 Å². The van der Waals surface area contributed by atoms with Crippen LogP contribution in [-0.4, -0.2) is 17.0 Å². The smallest absolute Gasteiger partial charge is 0.319 e. The predicted octanol–water partition coefficient (Wildman–Crippen LogP) is 3.31. The van der Waals surface area contributed by atoms with E-state index in [2.05, 4.69) is 16.0 Å². The standard InChI is InChI=1S/C18H16ClN3O3/c1-10-15(17(24)21-13-4-2-3-12(19)9-13)16(22-18(25)20-10)11-5-7-14(23)8-6-11/h2-9,16,23H,1H3,(H,21,24)(H2,20,22,25)/t16-/m0/s1. The van der Waals surface area contributed by atoms with Crippen molar-refractivity contribution < 1.29 is 14.7 Å². The number of rotatable bonds is 3. The number of carbonyl (C=O) groups is 2. The first kappa shape index (κ1) is 16.9. The molecule has 4 N–H and O–H groups in total. The summed E-state index contributed by atoms with van der Waals surface area (Å²) in [4.78, 5) is 24.6. The van der Waals surface area contributed by atoms with Crippen LogP contribution in [0, 0.1) is 0 Å². The maximum Gasteiger partial charge on any atom is 0.319 e. The van der Waals surface area contributed by atoms with Crippen LogP contribution in [0.2, 0.25) is 5.02 Å². The van der Waals surface area contributed by atoms with Gasteiger partial charge in [0.25, 0.3) is 5.91 Å². The number of benzene rings is 2. The number of nitrogens with one attached hydrogen (secondary N) is 3. The lowest BCUT2D eigenvalue weighted by atomic mass is 9.94. The van der Waals surface area contributed by atoms with Crippen molar-refractivity contribution in [2.75, 3.05) is 5.32 Å². The van der Waals surface area contributed by atoms with E-state index in [-0.39, 0.29) is 11.7 Å². The molecule has 128 valence electrons. The van der Waals surface area contributed by atoms with Gasteiger partial charge in [0.1, 0.15) is 5.75 Å². The lowest BCUT2D eigenvalue weighted by Gasteiger charge is -2.28. The first-order chi connectivity index (χ1) is 11.9. The van der Waals surface area contributed by atoms with Crippen LogP contribution in [0.5, 0.6) is 5.75 Å². The third-order valence-electron chi connectivity index (χ3n) is 3.82. The van der Waals surface area contributed by atoms with E-state index in [0.29, 0.717) is 27.5 Å². The molecule has 0 aliphatic carbocycles. The zero-order valence-corrected chi connectivity index (χ0v) is 14.1. The minimum Gasteiger partial charge on any atom is -0.508 e. The largest absolute Gasteiger partial charge is 0.508 e. The number of phenolic OH excluding ortho intramolecular Hbond substituents is 1. The Balaban J connectivity index is 1.94. The number of hydrogen-bond acceptors (Lipinski definition) is 3. The second-order valence-electron chi connectivity index (χ2n) is 5.63. The van der Waals surface area contributed by atoms with Gasteiger partial charge in [-0.15, -0.1) is 0 Å². The Morgan fingerprint density at radius 2 is 1.92 bits per heavy atom. The van der Waals surface area contributed by atoms with Crippen molar-refractivity contribution in [2.45, 2.75) is 13.0 Å². The molecule has 0 bridgehead atoms. The number of aromatic hydroxyl groups is 1. The minimum atomic E-state index is -0.631. The van der Waals surface area contributed by atoms with E-state index in [9.17, 15) is 14.7 Å². The summed E-state index contributed by atoms with van der Waals surface area (Å²) in [6, 6.07) is 12.1. The van der Waals surface area contributed by atoms with Gasteiger partial charge in [-0.1, -0.05) is 29.8 Å². The Kier molecular flexibility index (Phi) is 4.63. The molecule has 0 unspecified atom stereocenters. The van der Waals surface area contributed by atoms with Crippen LogP contribution in [0.15, 0.2) is 59.8 Å². The molecule has 3 amide bonds. The summed E-state index contributed by atoms with van der Waals surface area (Å²) in [5.74, 6) is -0.250. The van der Waals surface area contributed by atoms with E-state index >= 15 is 0 Å². The molecule has 0 saturated heterocycles. The summed E-state index contributed by atoms with van der Waals surface area (Å²) in [6.45, 7) is 1.67. The first-order valence-corrected chi connectivity index (χ1v) is 7.96. The third-order valence-corrected chi connectivity index (χ3v) is 4.06. The molecule has 2 aromatic carbocycles. The Morgan fingerprint density at radius 1 is 1.20 bits per heavy atom. The second-order valence-corrected chi connectivity index (χ2v) is 6.06. The predicted molar refractivity (Wildman–Crippen MR) is 95.3 cm³/mol. The molecule has 2 aromatic rings. The van der Waals surface area contributed by atoms with E-state index in [1.165, 1.54) is 12.1 Å². The van der Waals surface area contributed by atoms with Crippen molar-refractivity contribution in [3.05, 3.63) is 70.4 Å². The van der Waals surface area contributed by atoms with E-state index < -0.39 is 12.1 Å². The van der Waals surface area contributed by atoms with Crippen molar-refractivity contribution in [2.24, 2.45) is 0 Å². The van der Waals surface area contributed by atoms with Crippen molar-refractivity contribution in [1.82, 2.24) is 10.6 Å². The van der Waals surface area contributed by atoms with Crippen LogP contribution in [-0.2, 0) is 4.79 Å². The molecule has 0 aromatic heterocycles. The van der Waals surface area contributed by atoms with Crippen molar-refractivity contribution in [1.29, 1.82) is 0 Å². The number of amides is 3. The molecular weight excluding hydrogens is 342 g/mol. The highest BCUT2D eigenvalue weighted by Crippen LogP contribution is 2.29. The van der Waals surface area contributed by atoms with E-state index in [4.69, 9.17) is 11.6 Å². The van der Waals surface area contributed by atoms with E-state index in [0.717, 1.165) is 0 Å². The van der Waals surface area contributed by atoms with Gasteiger partial charge >= 0.3 is 6.03 Å². The van der Waals surface area contributed by atoms with Crippen LogP contribution in [0.1, 0.15) is 18.5 Å². The second kappa shape index (κ2) is 6.86. The van der Waals surface area contributed by atoms with Gasteiger partial charge in [-0.25, -0.2) is 4.79 Å². The van der Waals surface area contributed by atoms with Crippen LogP contribution >= 0.6 is 11.6 Å². The molecule has 0 saturated carbocycles. The van der Waals surface area contributed by atoms with Gasteiger partial charge in [-0.2, -0.15) is 0 Å². The normalized spacial score (nSPS) is 16.9. The third kappa shape index (κ3) is 3.75. The highest BCUT2D eigenvalue weighted by molar-refractivity contribution is 6.31. The summed E-state index contributed by atoms with van der Waals surface area (Å²) < 4.78 is 0. The molecule has 1 aliphatic rings. The fraction of sp³-hybridized carbons (Fsp3) is 0.111. The highest BCUT2D eigenvalue weighted by Gasteiger charge is 2.31. The number of halogens is 1. The number of urea groups is 1. The fourth-order valence-corrected chi connectivity index (χ4v) is 2.87. The zero-order valence-electron chi connectivity index (χ0n) is 13.3. The monoisotopic (exact) mass is 357 g/mol. The molecule has 0 fully saturated rings. The molecule has 7 heteroatoms. The quantitative estimate of drug-likeness (QED) is 0.679. The molecular formula is C18H16ClN3O3. The molecule has 25 heavy (non-hydrogen) atoms. The summed E-state index contributed by atoms with van der Waals surface area (Å²) in [6.07, 6.45) is 0. The van der Waals surface area contributed by atoms with Gasteiger partial charge in [0, 0.05) is 16.4 Å². The summed E-state index contributed by atoms with van der Waals surface area (Å²) in [7, 11) is 0. The lowest BCUT2D eigenvalue weighted by molar-refractivity contribution is -0.113. The lowest BCUT2D eigenvalue weighted by Crippen LogP contribution is -2.45. The van der Waals surface area contributed by atoms with Crippen molar-refractivity contribution >= 4 is 29.2 Å². The summed E-state index contributed by atoms with van der Waals surface area (Å²) in [5.41, 5.74) is 2.08. The Bertz CT molecular complexity index is 862. The maximum atomic E-state index is 12.8. The SMILES string of the molecule is CC1=C(C(=O)Nc2cccc(Cl)c2)[C@H](c2ccc(O)cc2)NC(=O)N1. The van der Waals surface area contributed by atoms with E-state index in [1.54, 1.807) is 43.3 Å². The van der Waals surface area contributed by atoms with Gasteiger partial charge in [-0.3, -0.25) is 4.79 Å². The molecule has 1 atom stereocenters. The number of allylic oxidation sites excluding steroid dienone is 1. The molecule has 1 aliphatic heterocycles. The highest BCUT2D eigenvalue weighted by atomic mass is 35.5. The fourth-order valence-electron chi connectivity index (χ4n) is 2.68. The van der Waals surface area contributed by atoms with Crippen LogP contribution in [0.25, 0.3) is 0 Å². The Morgan fingerprint density at radius 3 is 2.60 bits per heavy atom. The van der Waals surface area contributed by atoms with Gasteiger partial charge in [0.15, 0.2) is 0 Å². The molecule has 0 spiro atoms. The van der Waals surface area contributed by atoms with E-state index in [1.807, 2.05) is 0 Å². The number of hydrogen-bond donors (Lipinski definition) is 4. The van der Waals surface area contributed by atoms with Crippen LogP contribution in [0.4, 0.5) is 10.5 Å². The van der Waals surface area contributed by atoms with Crippen LogP contribution in [0.3, 0.4) is 0 Å². The number of carbonyl (C=O) groups excluding carboxylic acids is 2. The Hall–Kier alpha value is -2.99. The maximum absolute atomic E-state index is 12.8. The summed E-state index contributed by atoms with van der Waals surface area (Å²) in [5, 5.41) is 18.1. The first-order valence-electron chi connectivity index (χ1n) is 7.58. The number of anilines is 1. The Labute approximate surface area is 149 Å². The molecule has 6 nitrogen and oxygen atoms in total. The van der Waals surface area contributed by atoms with Crippen LogP contribution < -0.4 is 16.0 Å².